The highest BCUT2D eigenvalue weighted by Crippen LogP contribution is 2.28. The summed E-state index contributed by atoms with van der Waals surface area (Å²) in [7, 11) is 3.63. The molecule has 0 spiro atoms. The Kier molecular flexibility index (Phi) is 8.23. The van der Waals surface area contributed by atoms with Gasteiger partial charge in [-0.05, 0) is 43.2 Å². The van der Waals surface area contributed by atoms with E-state index in [0.29, 0.717) is 18.0 Å². The van der Waals surface area contributed by atoms with Crippen LogP contribution in [0, 0.1) is 0 Å². The van der Waals surface area contributed by atoms with E-state index in [-0.39, 0.29) is 12.5 Å². The monoisotopic (exact) mass is 368 g/mol. The Bertz CT molecular complexity index is 744. The Labute approximate surface area is 161 Å². The molecule has 0 aliphatic rings. The standard InChI is InChI=1S/C22H28N2O3/c1-4-9-18-12-13-20(21(16-18)26-3)27-17-22(25)23-14-8-15-24(2)19-10-6-5-7-11-19/h4-7,9-13,16H,8,14-15,17H2,1-3H3,(H,23,25)/b9-4+. The third-order valence-corrected chi connectivity index (χ3v) is 4.10. The van der Waals surface area contributed by atoms with Crippen molar-refractivity contribution in [2.24, 2.45) is 0 Å². The van der Waals surface area contributed by atoms with E-state index in [1.165, 1.54) is 5.69 Å². The number of methoxy groups -OCH3 is 1. The summed E-state index contributed by atoms with van der Waals surface area (Å²) in [5.41, 5.74) is 2.19. The third kappa shape index (κ3) is 6.70. The van der Waals surface area contributed by atoms with Crippen LogP contribution in [0.3, 0.4) is 0 Å². The van der Waals surface area contributed by atoms with Crippen LogP contribution in [0.5, 0.6) is 11.5 Å². The van der Waals surface area contributed by atoms with Crippen LogP contribution in [-0.2, 0) is 4.79 Å². The van der Waals surface area contributed by atoms with Crippen molar-refractivity contribution < 1.29 is 14.3 Å². The Morgan fingerprint density at radius 3 is 2.63 bits per heavy atom. The largest absolute Gasteiger partial charge is 0.493 e. The highest BCUT2D eigenvalue weighted by atomic mass is 16.5. The maximum Gasteiger partial charge on any atom is 0.257 e. The molecule has 0 saturated carbocycles. The van der Waals surface area contributed by atoms with E-state index in [1.807, 2.05) is 62.5 Å². The molecule has 1 N–H and O–H groups in total. The van der Waals surface area contributed by atoms with Crippen LogP contribution in [0.1, 0.15) is 18.9 Å². The average Bonchev–Trinajstić information content (AvgIpc) is 2.70. The number of allylic oxidation sites excluding steroid dienone is 1. The summed E-state index contributed by atoms with van der Waals surface area (Å²) in [5.74, 6) is 1.03. The first-order valence-corrected chi connectivity index (χ1v) is 9.10. The Balaban J connectivity index is 1.72. The fourth-order valence-corrected chi connectivity index (χ4v) is 2.65. The number of carbonyl (C=O) groups is 1. The molecule has 0 atom stereocenters. The minimum atomic E-state index is -0.142. The fourth-order valence-electron chi connectivity index (χ4n) is 2.65. The lowest BCUT2D eigenvalue weighted by molar-refractivity contribution is -0.123. The number of nitrogens with zero attached hydrogens (tertiary/aromatic N) is 1. The number of hydrogen-bond donors (Lipinski definition) is 1. The van der Waals surface area contributed by atoms with E-state index in [0.717, 1.165) is 18.5 Å². The zero-order chi connectivity index (χ0) is 19.5. The molecule has 0 aliphatic heterocycles. The number of ether oxygens (including phenoxy) is 2. The van der Waals surface area contributed by atoms with Gasteiger partial charge < -0.3 is 19.7 Å². The van der Waals surface area contributed by atoms with Gasteiger partial charge in [0, 0.05) is 25.8 Å². The molecule has 1 amide bonds. The molecular formula is C22H28N2O3. The molecule has 2 aromatic carbocycles. The van der Waals surface area contributed by atoms with E-state index in [4.69, 9.17) is 9.47 Å². The number of para-hydroxylation sites is 1. The maximum absolute atomic E-state index is 12.0. The van der Waals surface area contributed by atoms with E-state index in [1.54, 1.807) is 7.11 Å². The highest BCUT2D eigenvalue weighted by Gasteiger charge is 2.08. The zero-order valence-electron chi connectivity index (χ0n) is 16.3. The van der Waals surface area contributed by atoms with Gasteiger partial charge in [-0.2, -0.15) is 0 Å². The summed E-state index contributed by atoms with van der Waals surface area (Å²) in [6, 6.07) is 15.8. The van der Waals surface area contributed by atoms with Crippen LogP contribution < -0.4 is 19.7 Å². The van der Waals surface area contributed by atoms with Gasteiger partial charge in [-0.3, -0.25) is 4.79 Å². The normalized spacial score (nSPS) is 10.6. The van der Waals surface area contributed by atoms with Gasteiger partial charge in [0.25, 0.3) is 5.91 Å². The minimum absolute atomic E-state index is 0.0339. The topological polar surface area (TPSA) is 50.8 Å². The van der Waals surface area contributed by atoms with E-state index >= 15 is 0 Å². The average molecular weight is 368 g/mol. The number of amides is 1. The zero-order valence-corrected chi connectivity index (χ0v) is 16.3. The molecule has 27 heavy (non-hydrogen) atoms. The van der Waals surface area contributed by atoms with E-state index < -0.39 is 0 Å². The number of carbonyl (C=O) groups excluding carboxylic acids is 1. The molecule has 0 fully saturated rings. The molecule has 5 heteroatoms. The van der Waals surface area contributed by atoms with Crippen molar-refractivity contribution in [3.8, 4) is 11.5 Å². The molecule has 0 radical (unpaired) electrons. The molecule has 2 rings (SSSR count). The molecule has 5 nitrogen and oxygen atoms in total. The number of nitrogens with one attached hydrogen (secondary N) is 1. The summed E-state index contributed by atoms with van der Waals surface area (Å²) in [6.45, 7) is 3.40. The second-order valence-electron chi connectivity index (χ2n) is 6.16. The SMILES string of the molecule is C/C=C/c1ccc(OCC(=O)NCCCN(C)c2ccccc2)c(OC)c1. The maximum atomic E-state index is 12.0. The van der Waals surface area contributed by atoms with Crippen molar-refractivity contribution in [2.45, 2.75) is 13.3 Å². The first-order chi connectivity index (χ1) is 13.1. The number of anilines is 1. The molecule has 0 bridgehead atoms. The second-order valence-corrected chi connectivity index (χ2v) is 6.16. The molecule has 0 heterocycles. The fraction of sp³-hybridized carbons (Fsp3) is 0.318. The predicted molar refractivity (Wildman–Crippen MR) is 111 cm³/mol. The van der Waals surface area contributed by atoms with Gasteiger partial charge in [-0.15, -0.1) is 0 Å². The van der Waals surface area contributed by atoms with Crippen molar-refractivity contribution in [1.29, 1.82) is 0 Å². The van der Waals surface area contributed by atoms with Gasteiger partial charge in [0.15, 0.2) is 18.1 Å². The molecule has 0 aromatic heterocycles. The van der Waals surface area contributed by atoms with Crippen LogP contribution in [0.15, 0.2) is 54.6 Å². The molecule has 2 aromatic rings. The number of hydrogen-bond acceptors (Lipinski definition) is 4. The summed E-state index contributed by atoms with van der Waals surface area (Å²) in [6.07, 6.45) is 4.79. The predicted octanol–water partition coefficient (Wildman–Crippen LogP) is 3.75. The molecule has 0 aliphatic carbocycles. The summed E-state index contributed by atoms with van der Waals surface area (Å²) >= 11 is 0. The molecule has 144 valence electrons. The molecular weight excluding hydrogens is 340 g/mol. The first-order valence-electron chi connectivity index (χ1n) is 9.10. The smallest absolute Gasteiger partial charge is 0.257 e. The Morgan fingerprint density at radius 1 is 1.15 bits per heavy atom. The van der Waals surface area contributed by atoms with E-state index in [2.05, 4.69) is 22.3 Å². The summed E-state index contributed by atoms with van der Waals surface area (Å²) < 4.78 is 10.9. The minimum Gasteiger partial charge on any atom is -0.493 e. The first kappa shape index (κ1) is 20.4. The summed E-state index contributed by atoms with van der Waals surface area (Å²) in [5, 5.41) is 2.89. The third-order valence-electron chi connectivity index (χ3n) is 4.10. The quantitative estimate of drug-likeness (QED) is 0.649. The van der Waals surface area contributed by atoms with Gasteiger partial charge in [0.2, 0.25) is 0 Å². The van der Waals surface area contributed by atoms with Crippen molar-refractivity contribution in [3.05, 3.63) is 60.2 Å². The van der Waals surface area contributed by atoms with E-state index in [9.17, 15) is 4.79 Å². The second kappa shape index (κ2) is 10.9. The van der Waals surface area contributed by atoms with Crippen LogP contribution >= 0.6 is 0 Å². The Hall–Kier alpha value is -2.95. The highest BCUT2D eigenvalue weighted by molar-refractivity contribution is 5.77. The van der Waals surface area contributed by atoms with Crippen molar-refractivity contribution in [2.75, 3.05) is 38.8 Å². The summed E-state index contributed by atoms with van der Waals surface area (Å²) in [4.78, 5) is 14.2. The van der Waals surface area contributed by atoms with Gasteiger partial charge in [-0.1, -0.05) is 36.4 Å². The lowest BCUT2D eigenvalue weighted by Crippen LogP contribution is -2.31. The van der Waals surface area contributed by atoms with Crippen molar-refractivity contribution in [3.63, 3.8) is 0 Å². The lowest BCUT2D eigenvalue weighted by Gasteiger charge is -2.19. The number of benzene rings is 2. The van der Waals surface area contributed by atoms with Crippen LogP contribution in [0.25, 0.3) is 6.08 Å². The lowest BCUT2D eigenvalue weighted by atomic mass is 10.2. The molecule has 0 saturated heterocycles. The van der Waals surface area contributed by atoms with Gasteiger partial charge in [-0.25, -0.2) is 0 Å². The van der Waals surface area contributed by atoms with Crippen LogP contribution in [0.2, 0.25) is 0 Å². The van der Waals surface area contributed by atoms with Gasteiger partial charge >= 0.3 is 0 Å². The van der Waals surface area contributed by atoms with Crippen LogP contribution in [-0.4, -0.2) is 39.8 Å². The van der Waals surface area contributed by atoms with Crippen LogP contribution in [0.4, 0.5) is 5.69 Å². The molecule has 0 unspecified atom stereocenters. The van der Waals surface area contributed by atoms with Crippen molar-refractivity contribution >= 4 is 17.7 Å². The Morgan fingerprint density at radius 2 is 1.93 bits per heavy atom. The van der Waals surface area contributed by atoms with Gasteiger partial charge in [0.05, 0.1) is 7.11 Å². The number of rotatable bonds is 10. The van der Waals surface area contributed by atoms with Gasteiger partial charge in [0.1, 0.15) is 0 Å². The van der Waals surface area contributed by atoms with Crippen molar-refractivity contribution in [1.82, 2.24) is 5.32 Å².